The molecule has 0 saturated carbocycles. The van der Waals surface area contributed by atoms with E-state index < -0.39 is 0 Å². The van der Waals surface area contributed by atoms with Crippen LogP contribution in [-0.2, 0) is 9.53 Å². The molecule has 6 heteroatoms. The van der Waals surface area contributed by atoms with Gasteiger partial charge in [0.05, 0.1) is 34.5 Å². The molecule has 4 nitrogen and oxygen atoms in total. The van der Waals surface area contributed by atoms with E-state index in [2.05, 4.69) is 10.2 Å². The normalized spacial score (nSPS) is 23.1. The molecule has 0 spiro atoms. The number of hydrogen-bond acceptors (Lipinski definition) is 3. The molecule has 21 heavy (non-hydrogen) atoms. The summed E-state index contributed by atoms with van der Waals surface area (Å²) in [5, 5.41) is 3.74. The molecular formula is C15H20Cl2N2O2. The zero-order chi connectivity index (χ0) is 15.6. The van der Waals surface area contributed by atoms with Crippen LogP contribution < -0.4 is 5.32 Å². The minimum atomic E-state index is -0.120. The van der Waals surface area contributed by atoms with E-state index in [0.717, 1.165) is 18.7 Å². The van der Waals surface area contributed by atoms with E-state index in [1.54, 1.807) is 6.07 Å². The quantitative estimate of drug-likeness (QED) is 0.924. The maximum absolute atomic E-state index is 12.2. The van der Waals surface area contributed by atoms with Gasteiger partial charge in [-0.15, -0.1) is 0 Å². The molecule has 0 radical (unpaired) electrons. The maximum Gasteiger partial charge on any atom is 0.238 e. The van der Waals surface area contributed by atoms with Gasteiger partial charge in [-0.1, -0.05) is 29.3 Å². The number of carbonyl (C=O) groups excluding carboxylic acids is 1. The van der Waals surface area contributed by atoms with Crippen LogP contribution in [0.25, 0.3) is 0 Å². The largest absolute Gasteiger partial charge is 0.373 e. The summed E-state index contributed by atoms with van der Waals surface area (Å²) < 4.78 is 5.65. The lowest BCUT2D eigenvalue weighted by atomic mass is 10.2. The van der Waals surface area contributed by atoms with E-state index in [0.29, 0.717) is 22.3 Å². The first-order valence-corrected chi connectivity index (χ1v) is 7.74. The Hall–Kier alpha value is -0.810. The fraction of sp³-hybridized carbons (Fsp3) is 0.533. The molecule has 1 N–H and O–H groups in total. The Labute approximate surface area is 135 Å². The second-order valence-corrected chi connectivity index (χ2v) is 6.34. The molecule has 1 aromatic rings. The average Bonchev–Trinajstić information content (AvgIpc) is 2.38. The first-order chi connectivity index (χ1) is 9.86. The van der Waals surface area contributed by atoms with Gasteiger partial charge in [0.2, 0.25) is 5.91 Å². The van der Waals surface area contributed by atoms with E-state index in [4.69, 9.17) is 27.9 Å². The summed E-state index contributed by atoms with van der Waals surface area (Å²) in [4.78, 5) is 14.3. The highest BCUT2D eigenvalue weighted by molar-refractivity contribution is 6.40. The SMILES string of the molecule is Cc1ccc(Cl)c(NC(=O)CN2C[C@@H](C)O[C@@H](C)C2)c1Cl. The molecule has 1 aliphatic rings. The van der Waals surface area contributed by atoms with Crippen LogP contribution in [0.5, 0.6) is 0 Å². The van der Waals surface area contributed by atoms with Crippen LogP contribution >= 0.6 is 23.2 Å². The summed E-state index contributed by atoms with van der Waals surface area (Å²) in [7, 11) is 0. The number of halogens is 2. The number of rotatable bonds is 3. The lowest BCUT2D eigenvalue weighted by molar-refractivity contribution is -0.121. The number of carbonyl (C=O) groups is 1. The summed E-state index contributed by atoms with van der Waals surface area (Å²) in [6.07, 6.45) is 0.264. The van der Waals surface area contributed by atoms with Crippen molar-refractivity contribution in [3.8, 4) is 0 Å². The Morgan fingerprint density at radius 1 is 1.33 bits per heavy atom. The predicted octanol–water partition coefficient (Wildman–Crippen LogP) is 3.35. The van der Waals surface area contributed by atoms with Gasteiger partial charge < -0.3 is 10.1 Å². The molecule has 1 saturated heterocycles. The minimum Gasteiger partial charge on any atom is -0.373 e. The number of nitrogens with one attached hydrogen (secondary N) is 1. The number of amides is 1. The zero-order valence-electron chi connectivity index (χ0n) is 12.5. The molecule has 0 aromatic heterocycles. The topological polar surface area (TPSA) is 41.6 Å². The molecule has 2 rings (SSSR count). The molecule has 1 heterocycles. The van der Waals surface area contributed by atoms with Crippen LogP contribution in [0.15, 0.2) is 12.1 Å². The molecule has 116 valence electrons. The van der Waals surface area contributed by atoms with Crippen molar-refractivity contribution in [3.63, 3.8) is 0 Å². The fourth-order valence-electron chi connectivity index (χ4n) is 2.57. The standard InChI is InChI=1S/C15H20Cl2N2O2/c1-9-4-5-12(16)15(14(9)17)18-13(20)8-19-6-10(2)21-11(3)7-19/h4-5,10-11H,6-8H2,1-3H3,(H,18,20)/t10-,11+. The predicted molar refractivity (Wildman–Crippen MR) is 86.3 cm³/mol. The summed E-state index contributed by atoms with van der Waals surface area (Å²) in [6.45, 7) is 7.68. The van der Waals surface area contributed by atoms with Gasteiger partial charge in [0, 0.05) is 13.1 Å². The van der Waals surface area contributed by atoms with Gasteiger partial charge in [-0.3, -0.25) is 9.69 Å². The van der Waals surface area contributed by atoms with Crippen molar-refractivity contribution in [1.82, 2.24) is 4.90 Å². The van der Waals surface area contributed by atoms with E-state index in [1.165, 1.54) is 0 Å². The van der Waals surface area contributed by atoms with Crippen molar-refractivity contribution in [2.45, 2.75) is 33.0 Å². The van der Waals surface area contributed by atoms with Crippen molar-refractivity contribution >= 4 is 34.8 Å². The van der Waals surface area contributed by atoms with Gasteiger partial charge in [-0.05, 0) is 32.4 Å². The fourth-order valence-corrected chi connectivity index (χ4v) is 3.03. The van der Waals surface area contributed by atoms with Crippen molar-refractivity contribution in [2.75, 3.05) is 25.0 Å². The Balaban J connectivity index is 2.01. The summed E-state index contributed by atoms with van der Waals surface area (Å²) in [5.74, 6) is -0.120. The summed E-state index contributed by atoms with van der Waals surface area (Å²) in [5.41, 5.74) is 1.36. The molecule has 1 fully saturated rings. The van der Waals surface area contributed by atoms with Gasteiger partial charge in [-0.25, -0.2) is 0 Å². The zero-order valence-corrected chi connectivity index (χ0v) is 14.0. The monoisotopic (exact) mass is 330 g/mol. The smallest absolute Gasteiger partial charge is 0.238 e. The molecule has 0 bridgehead atoms. The van der Waals surface area contributed by atoms with Gasteiger partial charge in [-0.2, -0.15) is 0 Å². The molecule has 1 aromatic carbocycles. The van der Waals surface area contributed by atoms with Crippen molar-refractivity contribution in [2.24, 2.45) is 0 Å². The highest BCUT2D eigenvalue weighted by Gasteiger charge is 2.24. The lowest BCUT2D eigenvalue weighted by Gasteiger charge is -2.34. The highest BCUT2D eigenvalue weighted by Crippen LogP contribution is 2.32. The average molecular weight is 331 g/mol. The van der Waals surface area contributed by atoms with Crippen LogP contribution in [0, 0.1) is 6.92 Å². The highest BCUT2D eigenvalue weighted by atomic mass is 35.5. The molecule has 0 unspecified atom stereocenters. The number of nitrogens with zero attached hydrogens (tertiary/aromatic N) is 1. The van der Waals surface area contributed by atoms with Gasteiger partial charge in [0.25, 0.3) is 0 Å². The Kier molecular flexibility index (Phi) is 5.49. The Morgan fingerprint density at radius 2 is 1.95 bits per heavy atom. The number of benzene rings is 1. The number of morpholine rings is 1. The molecule has 1 amide bonds. The van der Waals surface area contributed by atoms with E-state index in [-0.39, 0.29) is 18.1 Å². The van der Waals surface area contributed by atoms with Crippen LogP contribution in [0.2, 0.25) is 10.0 Å². The first kappa shape index (κ1) is 16.6. The second-order valence-electron chi connectivity index (χ2n) is 5.55. The number of hydrogen-bond donors (Lipinski definition) is 1. The van der Waals surface area contributed by atoms with Gasteiger partial charge in [0.1, 0.15) is 0 Å². The van der Waals surface area contributed by atoms with Crippen LogP contribution in [0.4, 0.5) is 5.69 Å². The molecule has 1 aliphatic heterocycles. The maximum atomic E-state index is 12.2. The van der Waals surface area contributed by atoms with E-state index in [9.17, 15) is 4.79 Å². The number of aryl methyl sites for hydroxylation is 1. The molecule has 0 aliphatic carbocycles. The number of anilines is 1. The third kappa shape index (κ3) is 4.33. The summed E-state index contributed by atoms with van der Waals surface area (Å²) in [6, 6.07) is 3.56. The van der Waals surface area contributed by atoms with Crippen molar-refractivity contribution in [1.29, 1.82) is 0 Å². The molecule has 2 atom stereocenters. The third-order valence-corrected chi connectivity index (χ3v) is 4.21. The van der Waals surface area contributed by atoms with Crippen LogP contribution in [0.1, 0.15) is 19.4 Å². The lowest BCUT2D eigenvalue weighted by Crippen LogP contribution is -2.48. The van der Waals surface area contributed by atoms with Crippen LogP contribution in [-0.4, -0.2) is 42.6 Å². The van der Waals surface area contributed by atoms with Crippen molar-refractivity contribution in [3.05, 3.63) is 27.7 Å². The second kappa shape index (κ2) is 6.97. The molecular weight excluding hydrogens is 311 g/mol. The van der Waals surface area contributed by atoms with Crippen molar-refractivity contribution < 1.29 is 9.53 Å². The van der Waals surface area contributed by atoms with Crippen LogP contribution in [0.3, 0.4) is 0 Å². The van der Waals surface area contributed by atoms with E-state index >= 15 is 0 Å². The Bertz CT molecular complexity index is 527. The minimum absolute atomic E-state index is 0.120. The summed E-state index contributed by atoms with van der Waals surface area (Å²) >= 11 is 12.3. The van der Waals surface area contributed by atoms with Gasteiger partial charge >= 0.3 is 0 Å². The van der Waals surface area contributed by atoms with E-state index in [1.807, 2.05) is 26.8 Å². The Morgan fingerprint density at radius 3 is 2.57 bits per heavy atom. The third-order valence-electron chi connectivity index (χ3n) is 3.41. The number of ether oxygens (including phenoxy) is 1. The first-order valence-electron chi connectivity index (χ1n) is 6.99. The van der Waals surface area contributed by atoms with Gasteiger partial charge in [0.15, 0.2) is 0 Å².